The molecule has 4 aromatic rings. The average molecular weight is 962 g/mol. The first-order valence-corrected chi connectivity index (χ1v) is 23.9. The standard InChI is InChI=1S/C54H60FN3O12/c1-3-5-27-64-53(61)57(32-37-18-22-48-49(28-37)67-35-66-48)50-31-46(56-69-33-36-16-19-40(20-17-36)58(62)63)43-29-38(12-8-10-24-59)42(14-9-11-25-60)51-44-30-41(65-34-39-13-6-7-15-45(39)55)21-23-47(44)70-54(50,52(43)51)68-26-4-2/h3-4,6-7,13,15-23,28-30,38,42,50-52,59-60H,1-2,5,8-12,14,24-27,31-35H2. The van der Waals surface area contributed by atoms with Crippen LogP contribution in [-0.2, 0) is 34.1 Å². The molecular formula is C54H60FN3O12. The number of halogens is 1. The number of carbonyl (C=O) groups excluding carboxylic acids is 1. The number of hydrogen-bond donors (Lipinski definition) is 2. The van der Waals surface area contributed by atoms with E-state index in [0.29, 0.717) is 71.9 Å². The molecule has 70 heavy (non-hydrogen) atoms. The van der Waals surface area contributed by atoms with Crippen molar-refractivity contribution in [2.75, 3.05) is 33.2 Å². The number of allylic oxidation sites excluding steroid dienone is 1. The zero-order valence-corrected chi connectivity index (χ0v) is 39.1. The Balaban J connectivity index is 1.31. The quantitative estimate of drug-likeness (QED) is 0.0294. The summed E-state index contributed by atoms with van der Waals surface area (Å²) in [6.07, 6.45) is 9.44. The molecule has 6 unspecified atom stereocenters. The monoisotopic (exact) mass is 961 g/mol. The van der Waals surface area contributed by atoms with Crippen molar-refractivity contribution in [3.05, 3.63) is 160 Å². The maximum atomic E-state index is 14.9. The van der Waals surface area contributed by atoms with E-state index in [-0.39, 0.29) is 88.7 Å². The normalized spacial score (nSPS) is 22.2. The third-order valence-corrected chi connectivity index (χ3v) is 13.5. The SMILES string of the molecule is C=CCCOC(=O)N(Cc1ccc2c(c1)OCO2)C1CC(=NOCc2ccc([N+](=O)[O-])cc2)C2=CC(CCCCO)C(CCCCO)C3c4cc(OCc5ccccc5F)ccc4OC1(OCC=C)C23. The number of nitrogens with zero attached hydrogens (tertiary/aromatic N) is 3. The Morgan fingerprint density at radius 2 is 1.67 bits per heavy atom. The van der Waals surface area contributed by atoms with Crippen LogP contribution in [0, 0.1) is 33.7 Å². The van der Waals surface area contributed by atoms with E-state index in [1.807, 2.05) is 24.3 Å². The predicted octanol–water partition coefficient (Wildman–Crippen LogP) is 10.1. The van der Waals surface area contributed by atoms with E-state index in [9.17, 15) is 29.5 Å². The number of unbranched alkanes of at least 4 members (excludes halogenated alkanes) is 2. The van der Waals surface area contributed by atoms with Gasteiger partial charge in [-0.3, -0.25) is 15.0 Å². The molecule has 0 aromatic heterocycles. The molecule has 1 fully saturated rings. The van der Waals surface area contributed by atoms with Gasteiger partial charge in [0.2, 0.25) is 12.6 Å². The van der Waals surface area contributed by atoms with Crippen molar-refractivity contribution >= 4 is 17.5 Å². The van der Waals surface area contributed by atoms with Crippen molar-refractivity contribution < 1.29 is 57.6 Å². The molecule has 4 aromatic carbocycles. The number of aliphatic hydroxyl groups is 2. The Hall–Kier alpha value is -6.75. The molecule has 1 saturated carbocycles. The van der Waals surface area contributed by atoms with Crippen molar-refractivity contribution in [3.8, 4) is 23.0 Å². The first-order valence-electron chi connectivity index (χ1n) is 23.9. The topological polar surface area (TPSA) is 181 Å². The number of amides is 1. The van der Waals surface area contributed by atoms with Crippen LogP contribution >= 0.6 is 0 Å². The number of nitro benzene ring substituents is 1. The van der Waals surface area contributed by atoms with Crippen molar-refractivity contribution in [1.29, 1.82) is 0 Å². The highest BCUT2D eigenvalue weighted by Gasteiger charge is 2.65. The van der Waals surface area contributed by atoms with Gasteiger partial charge < -0.3 is 43.5 Å². The molecule has 2 heterocycles. The van der Waals surface area contributed by atoms with Gasteiger partial charge in [-0.1, -0.05) is 60.5 Å². The van der Waals surface area contributed by atoms with E-state index >= 15 is 0 Å². The fourth-order valence-corrected chi connectivity index (χ4v) is 10.3. The van der Waals surface area contributed by atoms with Crippen LogP contribution < -0.4 is 18.9 Å². The van der Waals surface area contributed by atoms with Crippen LogP contribution in [0.3, 0.4) is 0 Å². The lowest BCUT2D eigenvalue weighted by Gasteiger charge is -2.59. The molecule has 2 aliphatic heterocycles. The summed E-state index contributed by atoms with van der Waals surface area (Å²) in [6.45, 7) is 8.07. The molecule has 370 valence electrons. The summed E-state index contributed by atoms with van der Waals surface area (Å²) in [5.74, 6) is -1.05. The van der Waals surface area contributed by atoms with Crippen molar-refractivity contribution in [2.45, 2.75) is 88.9 Å². The summed E-state index contributed by atoms with van der Waals surface area (Å²) in [7, 11) is 0. The summed E-state index contributed by atoms with van der Waals surface area (Å²) in [4.78, 5) is 33.7. The van der Waals surface area contributed by atoms with Gasteiger partial charge in [-0.15, -0.1) is 13.2 Å². The minimum absolute atomic E-state index is 0.0120. The Labute approximate surface area is 406 Å². The second-order valence-corrected chi connectivity index (χ2v) is 17.9. The fraction of sp³-hybridized carbons (Fsp3) is 0.407. The second-order valence-electron chi connectivity index (χ2n) is 17.9. The summed E-state index contributed by atoms with van der Waals surface area (Å²) in [6, 6.07) is 22.6. The van der Waals surface area contributed by atoms with E-state index < -0.39 is 28.8 Å². The molecule has 1 amide bonds. The highest BCUT2D eigenvalue weighted by Crippen LogP contribution is 2.62. The van der Waals surface area contributed by atoms with Gasteiger partial charge in [0.25, 0.3) is 5.69 Å². The molecule has 6 atom stereocenters. The lowest BCUT2D eigenvalue weighted by atomic mass is 9.55. The van der Waals surface area contributed by atoms with E-state index in [2.05, 4.69) is 19.2 Å². The maximum Gasteiger partial charge on any atom is 0.410 e. The molecule has 2 aliphatic carbocycles. The zero-order valence-electron chi connectivity index (χ0n) is 39.1. The smallest absolute Gasteiger partial charge is 0.410 e. The van der Waals surface area contributed by atoms with Crippen molar-refractivity contribution in [2.24, 2.45) is 22.9 Å². The predicted molar refractivity (Wildman–Crippen MR) is 258 cm³/mol. The van der Waals surface area contributed by atoms with Gasteiger partial charge in [-0.05, 0) is 109 Å². The lowest BCUT2D eigenvalue weighted by molar-refractivity contribution is -0.384. The Bertz CT molecular complexity index is 2550. The van der Waals surface area contributed by atoms with Gasteiger partial charge >= 0.3 is 6.09 Å². The summed E-state index contributed by atoms with van der Waals surface area (Å²) in [5, 5.41) is 36.4. The van der Waals surface area contributed by atoms with E-state index in [1.54, 1.807) is 59.5 Å². The number of ether oxygens (including phenoxy) is 6. The number of rotatable bonds is 24. The van der Waals surface area contributed by atoms with Gasteiger partial charge in [0, 0.05) is 55.4 Å². The summed E-state index contributed by atoms with van der Waals surface area (Å²) >= 11 is 0. The minimum Gasteiger partial charge on any atom is -0.489 e. The zero-order chi connectivity index (χ0) is 49.0. The molecule has 0 saturated heterocycles. The number of nitro groups is 1. The number of hydrogen-bond acceptors (Lipinski definition) is 13. The Morgan fingerprint density at radius 1 is 0.914 bits per heavy atom. The highest BCUT2D eigenvalue weighted by molar-refractivity contribution is 6.03. The van der Waals surface area contributed by atoms with Gasteiger partial charge in [-0.25, -0.2) is 9.18 Å². The molecule has 4 aliphatic rings. The van der Waals surface area contributed by atoms with E-state index in [4.69, 9.17) is 38.4 Å². The van der Waals surface area contributed by atoms with Crippen LogP contribution in [0.5, 0.6) is 23.0 Å². The highest BCUT2D eigenvalue weighted by atomic mass is 19.1. The molecule has 16 heteroatoms. The second kappa shape index (κ2) is 23.2. The average Bonchev–Trinajstić information content (AvgIpc) is 3.84. The van der Waals surface area contributed by atoms with Gasteiger partial charge in [0.05, 0.1) is 29.8 Å². The van der Waals surface area contributed by atoms with Crippen LogP contribution in [0.15, 0.2) is 127 Å². The molecule has 0 spiro atoms. The number of fused-ring (bicyclic) bond motifs is 3. The van der Waals surface area contributed by atoms with Crippen molar-refractivity contribution in [1.82, 2.24) is 4.90 Å². The third-order valence-electron chi connectivity index (χ3n) is 13.5. The van der Waals surface area contributed by atoms with Gasteiger partial charge in [-0.2, -0.15) is 0 Å². The van der Waals surface area contributed by atoms with Gasteiger partial charge in [0.1, 0.15) is 36.6 Å². The number of aliphatic hydroxyl groups excluding tert-OH is 2. The van der Waals surface area contributed by atoms with Crippen LogP contribution in [-0.4, -0.2) is 76.9 Å². The van der Waals surface area contributed by atoms with Gasteiger partial charge in [0.15, 0.2) is 11.5 Å². The largest absolute Gasteiger partial charge is 0.489 e. The molecular weight excluding hydrogens is 902 g/mol. The number of oxime groups is 1. The first kappa shape index (κ1) is 49.7. The van der Waals surface area contributed by atoms with E-state index in [1.165, 1.54) is 18.2 Å². The lowest BCUT2D eigenvalue weighted by Crippen LogP contribution is -2.70. The van der Waals surface area contributed by atoms with E-state index in [0.717, 1.165) is 29.5 Å². The van der Waals surface area contributed by atoms with Crippen molar-refractivity contribution in [3.63, 3.8) is 0 Å². The maximum absolute atomic E-state index is 14.9. The number of non-ortho nitro benzene ring substituents is 1. The third kappa shape index (κ3) is 11.0. The number of benzene rings is 4. The van der Waals surface area contributed by atoms with Crippen LogP contribution in [0.25, 0.3) is 0 Å². The molecule has 0 bridgehead atoms. The van der Waals surface area contributed by atoms with Crippen LogP contribution in [0.4, 0.5) is 14.9 Å². The summed E-state index contributed by atoms with van der Waals surface area (Å²) in [5.41, 5.74) is 3.87. The Morgan fingerprint density at radius 3 is 2.43 bits per heavy atom. The van der Waals surface area contributed by atoms with Crippen LogP contribution in [0.1, 0.15) is 79.5 Å². The fourth-order valence-electron chi connectivity index (χ4n) is 10.3. The first-order chi connectivity index (χ1) is 34.2. The molecule has 0 radical (unpaired) electrons. The minimum atomic E-state index is -1.61. The number of carbonyl (C=O) groups is 1. The summed E-state index contributed by atoms with van der Waals surface area (Å²) < 4.78 is 53.1. The molecule has 15 nitrogen and oxygen atoms in total. The molecule has 2 N–H and O–H groups in total. The Kier molecular flexibility index (Phi) is 16.5. The molecule has 8 rings (SSSR count). The van der Waals surface area contributed by atoms with Crippen LogP contribution in [0.2, 0.25) is 0 Å².